The summed E-state index contributed by atoms with van der Waals surface area (Å²) in [4.78, 5) is 4.00. The van der Waals surface area contributed by atoms with Crippen LogP contribution in [0.15, 0.2) is 18.5 Å². The summed E-state index contributed by atoms with van der Waals surface area (Å²) >= 11 is 6.11. The summed E-state index contributed by atoms with van der Waals surface area (Å²) in [6, 6.07) is 2.33. The fourth-order valence-electron chi connectivity index (χ4n) is 1.62. The van der Waals surface area contributed by atoms with Gasteiger partial charge < -0.3 is 5.32 Å². The largest absolute Gasteiger partial charge is 0.313 e. The van der Waals surface area contributed by atoms with Crippen LogP contribution in [0.1, 0.15) is 38.3 Å². The van der Waals surface area contributed by atoms with Crippen molar-refractivity contribution in [2.24, 2.45) is 5.92 Å². The van der Waals surface area contributed by atoms with Crippen LogP contribution in [0.4, 0.5) is 0 Å². The third kappa shape index (κ3) is 3.80. The number of hydrogen-bond donors (Lipinski definition) is 1. The lowest BCUT2D eigenvalue weighted by atomic mass is 9.98. The Labute approximate surface area is 97.1 Å². The van der Waals surface area contributed by atoms with E-state index in [9.17, 15) is 0 Å². The van der Waals surface area contributed by atoms with Gasteiger partial charge in [0, 0.05) is 18.4 Å². The van der Waals surface area contributed by atoms with Gasteiger partial charge in [-0.15, -0.1) is 0 Å². The monoisotopic (exact) mass is 226 g/mol. The molecule has 0 bridgehead atoms. The molecule has 1 aromatic rings. The average molecular weight is 227 g/mol. The Morgan fingerprint density at radius 3 is 2.67 bits per heavy atom. The van der Waals surface area contributed by atoms with Crippen molar-refractivity contribution in [3.63, 3.8) is 0 Å². The van der Waals surface area contributed by atoms with Crippen molar-refractivity contribution in [2.75, 3.05) is 7.05 Å². The van der Waals surface area contributed by atoms with Crippen molar-refractivity contribution < 1.29 is 0 Å². The smallest absolute Gasteiger partial charge is 0.0637 e. The molecule has 1 heterocycles. The molecule has 0 aliphatic heterocycles. The molecule has 1 unspecified atom stereocenters. The minimum atomic E-state index is 0.336. The number of nitrogens with one attached hydrogen (secondary N) is 1. The highest BCUT2D eigenvalue weighted by Gasteiger charge is 2.12. The third-order valence-corrected chi connectivity index (χ3v) is 2.88. The second kappa shape index (κ2) is 6.09. The van der Waals surface area contributed by atoms with Crippen molar-refractivity contribution >= 4 is 11.6 Å². The summed E-state index contributed by atoms with van der Waals surface area (Å²) in [5, 5.41) is 4.05. The maximum absolute atomic E-state index is 6.11. The van der Waals surface area contributed by atoms with E-state index < -0.39 is 0 Å². The number of aromatic nitrogens is 1. The van der Waals surface area contributed by atoms with Gasteiger partial charge in [-0.1, -0.05) is 25.4 Å². The first-order valence-corrected chi connectivity index (χ1v) is 5.79. The van der Waals surface area contributed by atoms with Crippen LogP contribution in [-0.2, 0) is 0 Å². The maximum Gasteiger partial charge on any atom is 0.0637 e. The van der Waals surface area contributed by atoms with Crippen molar-refractivity contribution in [1.82, 2.24) is 10.3 Å². The van der Waals surface area contributed by atoms with E-state index in [2.05, 4.69) is 24.1 Å². The first-order valence-electron chi connectivity index (χ1n) is 5.41. The summed E-state index contributed by atoms with van der Waals surface area (Å²) in [5.74, 6) is 0.724. The number of halogens is 1. The molecule has 0 saturated heterocycles. The van der Waals surface area contributed by atoms with E-state index in [-0.39, 0.29) is 0 Å². The lowest BCUT2D eigenvalue weighted by Crippen LogP contribution is -2.17. The Kier molecular flexibility index (Phi) is 5.06. The molecule has 84 valence electrons. The Morgan fingerprint density at radius 1 is 1.40 bits per heavy atom. The van der Waals surface area contributed by atoms with Crippen LogP contribution < -0.4 is 5.32 Å². The molecule has 1 atom stereocenters. The Balaban J connectivity index is 2.70. The minimum absolute atomic E-state index is 0.336. The van der Waals surface area contributed by atoms with Gasteiger partial charge in [-0.3, -0.25) is 4.98 Å². The highest BCUT2D eigenvalue weighted by molar-refractivity contribution is 6.31. The van der Waals surface area contributed by atoms with Gasteiger partial charge in [-0.25, -0.2) is 0 Å². The Bertz CT molecular complexity index is 299. The molecule has 2 nitrogen and oxygen atoms in total. The average Bonchev–Trinajstić information content (AvgIpc) is 2.21. The van der Waals surface area contributed by atoms with Crippen molar-refractivity contribution in [3.8, 4) is 0 Å². The Morgan fingerprint density at radius 2 is 2.13 bits per heavy atom. The number of pyridine rings is 1. The zero-order valence-corrected chi connectivity index (χ0v) is 10.4. The van der Waals surface area contributed by atoms with Crippen LogP contribution in [-0.4, -0.2) is 12.0 Å². The van der Waals surface area contributed by atoms with Gasteiger partial charge >= 0.3 is 0 Å². The fourth-order valence-corrected chi connectivity index (χ4v) is 1.87. The first-order chi connectivity index (χ1) is 7.15. The Hall–Kier alpha value is -0.600. The maximum atomic E-state index is 6.11. The van der Waals surface area contributed by atoms with Crippen LogP contribution >= 0.6 is 11.6 Å². The lowest BCUT2D eigenvalue weighted by molar-refractivity contribution is 0.465. The zero-order valence-electron chi connectivity index (χ0n) is 9.63. The van der Waals surface area contributed by atoms with Crippen molar-refractivity contribution in [2.45, 2.75) is 32.7 Å². The third-order valence-electron chi connectivity index (χ3n) is 2.56. The summed E-state index contributed by atoms with van der Waals surface area (Å²) < 4.78 is 0. The van der Waals surface area contributed by atoms with Crippen LogP contribution in [0.25, 0.3) is 0 Å². The van der Waals surface area contributed by atoms with E-state index in [1.165, 1.54) is 6.42 Å². The number of hydrogen-bond acceptors (Lipinski definition) is 2. The van der Waals surface area contributed by atoms with Gasteiger partial charge in [-0.05, 0) is 37.4 Å². The molecule has 1 rings (SSSR count). The molecule has 0 spiro atoms. The predicted octanol–water partition coefficient (Wildman–Crippen LogP) is 3.43. The molecule has 0 aliphatic rings. The highest BCUT2D eigenvalue weighted by atomic mass is 35.5. The molecule has 1 N–H and O–H groups in total. The highest BCUT2D eigenvalue weighted by Crippen LogP contribution is 2.26. The molecular weight excluding hydrogens is 208 g/mol. The zero-order chi connectivity index (χ0) is 11.3. The van der Waals surface area contributed by atoms with E-state index in [1.807, 2.05) is 13.1 Å². The number of nitrogens with zero attached hydrogens (tertiary/aromatic N) is 1. The quantitative estimate of drug-likeness (QED) is 0.832. The normalized spacial score (nSPS) is 13.1. The van der Waals surface area contributed by atoms with Gasteiger partial charge in [0.05, 0.1) is 5.02 Å². The summed E-state index contributed by atoms with van der Waals surface area (Å²) in [6.45, 7) is 4.47. The summed E-state index contributed by atoms with van der Waals surface area (Å²) in [5.41, 5.74) is 1.15. The molecule has 3 heteroatoms. The van der Waals surface area contributed by atoms with Gasteiger partial charge in [0.1, 0.15) is 0 Å². The van der Waals surface area contributed by atoms with Gasteiger partial charge in [0.2, 0.25) is 0 Å². The molecule has 0 saturated carbocycles. The van der Waals surface area contributed by atoms with E-state index >= 15 is 0 Å². The minimum Gasteiger partial charge on any atom is -0.313 e. The molecular formula is C12H19ClN2. The van der Waals surface area contributed by atoms with Crippen LogP contribution in [0, 0.1) is 5.92 Å². The van der Waals surface area contributed by atoms with Crippen LogP contribution in [0.2, 0.25) is 5.02 Å². The van der Waals surface area contributed by atoms with Crippen molar-refractivity contribution in [3.05, 3.63) is 29.0 Å². The van der Waals surface area contributed by atoms with Crippen molar-refractivity contribution in [1.29, 1.82) is 0 Å². The standard InChI is InChI=1S/C12H19ClN2/c1-9(2)4-5-12(14-3)10-6-7-15-8-11(10)13/h6-9,12,14H,4-5H2,1-3H3. The van der Waals surface area contributed by atoms with E-state index in [0.29, 0.717) is 6.04 Å². The lowest BCUT2D eigenvalue weighted by Gasteiger charge is -2.18. The molecule has 1 aromatic heterocycles. The fraction of sp³-hybridized carbons (Fsp3) is 0.583. The van der Waals surface area contributed by atoms with Gasteiger partial charge in [-0.2, -0.15) is 0 Å². The predicted molar refractivity (Wildman–Crippen MR) is 65.1 cm³/mol. The summed E-state index contributed by atoms with van der Waals surface area (Å²) in [6.07, 6.45) is 5.81. The molecule has 0 fully saturated rings. The van der Waals surface area contributed by atoms with Gasteiger partial charge in [0.25, 0.3) is 0 Å². The van der Waals surface area contributed by atoms with Crippen LogP contribution in [0.3, 0.4) is 0 Å². The van der Waals surface area contributed by atoms with E-state index in [4.69, 9.17) is 11.6 Å². The van der Waals surface area contributed by atoms with E-state index in [1.54, 1.807) is 12.4 Å². The van der Waals surface area contributed by atoms with E-state index in [0.717, 1.165) is 22.9 Å². The van der Waals surface area contributed by atoms with Crippen LogP contribution in [0.5, 0.6) is 0 Å². The molecule has 0 amide bonds. The second-order valence-corrected chi connectivity index (χ2v) is 4.62. The SMILES string of the molecule is CNC(CCC(C)C)c1ccncc1Cl. The first kappa shape index (κ1) is 12.5. The molecule has 0 aliphatic carbocycles. The molecule has 15 heavy (non-hydrogen) atoms. The topological polar surface area (TPSA) is 24.9 Å². The second-order valence-electron chi connectivity index (χ2n) is 4.21. The summed E-state index contributed by atoms with van der Waals surface area (Å²) in [7, 11) is 1.97. The molecule has 0 aromatic carbocycles. The van der Waals surface area contributed by atoms with Gasteiger partial charge in [0.15, 0.2) is 0 Å². The number of rotatable bonds is 5. The molecule has 0 radical (unpaired) electrons.